The molecule has 2 fully saturated rings. The minimum Gasteiger partial charge on any atom is -0.295 e. The van der Waals surface area contributed by atoms with Crippen LogP contribution >= 0.6 is 0 Å². The van der Waals surface area contributed by atoms with Crippen LogP contribution in [-0.2, 0) is 4.79 Å². The van der Waals surface area contributed by atoms with E-state index in [2.05, 4.69) is 0 Å². The molecule has 0 aromatic carbocycles. The smallest absolute Gasteiger partial charge is 0.149 e. The van der Waals surface area contributed by atoms with E-state index < -0.39 is 0 Å². The molecule has 3 heteroatoms. The Morgan fingerprint density at radius 1 is 1.27 bits per heavy atom. The lowest BCUT2D eigenvalue weighted by molar-refractivity contribution is -0.112. The van der Waals surface area contributed by atoms with Crippen molar-refractivity contribution in [2.75, 3.05) is 0 Å². The Bertz CT molecular complexity index is 212. The summed E-state index contributed by atoms with van der Waals surface area (Å²) in [7, 11) is 0.667. The molecule has 0 saturated carbocycles. The zero-order chi connectivity index (χ0) is 7.68. The van der Waals surface area contributed by atoms with Crippen LogP contribution in [0.2, 0.25) is 18.1 Å². The number of carbonyl (C=O) groups is 1. The average molecular weight is 180 g/mol. The van der Waals surface area contributed by atoms with Crippen molar-refractivity contribution in [2.45, 2.75) is 37.4 Å². The molecule has 0 aliphatic carbocycles. The summed E-state index contributed by atoms with van der Waals surface area (Å²) in [6.45, 7) is 0. The minimum atomic E-state index is -0.259. The Morgan fingerprint density at radius 3 is 2.55 bits per heavy atom. The van der Waals surface area contributed by atoms with Gasteiger partial charge in [-0.3, -0.25) is 4.79 Å². The van der Waals surface area contributed by atoms with Gasteiger partial charge in [0.2, 0.25) is 0 Å². The Morgan fingerprint density at radius 2 is 2.00 bits per heavy atom. The third-order valence-electron chi connectivity index (χ3n) is 2.49. The fourth-order valence-electron chi connectivity index (χ4n) is 1.90. The molecule has 2 heterocycles. The summed E-state index contributed by atoms with van der Waals surface area (Å²) in [5.74, 6) is 0.541. The van der Waals surface area contributed by atoms with Gasteiger partial charge in [0.15, 0.2) is 0 Å². The molecule has 0 unspecified atom stereocenters. The van der Waals surface area contributed by atoms with Gasteiger partial charge in [0.05, 0.1) is 9.52 Å². The van der Waals surface area contributed by atoms with Crippen molar-refractivity contribution in [3.05, 3.63) is 0 Å². The van der Waals surface area contributed by atoms with E-state index in [0.717, 1.165) is 15.9 Å². The van der Waals surface area contributed by atoms with Crippen molar-refractivity contribution < 1.29 is 4.79 Å². The third kappa shape index (κ3) is 1.44. The van der Waals surface area contributed by atoms with Crippen LogP contribution in [0.25, 0.3) is 0 Å². The van der Waals surface area contributed by atoms with Crippen molar-refractivity contribution in [3.63, 3.8) is 0 Å². The number of carbonyl (C=O) groups excluding carboxylic acids is 1. The maximum Gasteiger partial charge on any atom is 0.149 e. The molecule has 2 radical (unpaired) electrons. The normalized spacial score (nSPS) is 25.3. The zero-order valence-electron chi connectivity index (χ0n) is 6.65. The van der Waals surface area contributed by atoms with E-state index in [9.17, 15) is 4.79 Å². The lowest BCUT2D eigenvalue weighted by atomic mass is 10.4. The first-order chi connectivity index (χ1) is 5.38. The molecule has 0 aromatic heterocycles. The molecule has 0 bridgehead atoms. The standard InChI is InChI=1S/C8H12OSi2/c9-7-3-4-10-8(7)11-5-1-2-6-11/h1-6H2. The van der Waals surface area contributed by atoms with Crippen LogP contribution in [0.15, 0.2) is 0 Å². The van der Waals surface area contributed by atoms with Crippen LogP contribution in [0.1, 0.15) is 19.3 Å². The first kappa shape index (κ1) is 7.61. The van der Waals surface area contributed by atoms with Crippen molar-refractivity contribution in [1.82, 2.24) is 0 Å². The fourth-order valence-corrected chi connectivity index (χ4v) is 7.57. The van der Waals surface area contributed by atoms with Crippen LogP contribution < -0.4 is 0 Å². The maximum absolute atomic E-state index is 11.4. The molecule has 0 spiro atoms. The van der Waals surface area contributed by atoms with Crippen LogP contribution in [0.4, 0.5) is 0 Å². The molecule has 0 N–H and O–H groups in total. The molecule has 0 aromatic rings. The average Bonchev–Trinajstić information content (AvgIpc) is 2.55. The van der Waals surface area contributed by atoms with E-state index in [-0.39, 0.29) is 8.41 Å². The molecule has 1 nitrogen and oxygen atoms in total. The first-order valence-corrected chi connectivity index (χ1v) is 7.49. The quantitative estimate of drug-likeness (QED) is 0.510. The van der Waals surface area contributed by atoms with Crippen molar-refractivity contribution in [3.8, 4) is 0 Å². The predicted octanol–water partition coefficient (Wildman–Crippen LogP) is 1.08. The van der Waals surface area contributed by atoms with Gasteiger partial charge in [0.25, 0.3) is 0 Å². The summed E-state index contributed by atoms with van der Waals surface area (Å²) < 4.78 is 0. The number of rotatable bonds is 0. The molecule has 0 amide bonds. The van der Waals surface area contributed by atoms with Crippen molar-refractivity contribution in [1.29, 1.82) is 0 Å². The van der Waals surface area contributed by atoms with E-state index in [1.807, 2.05) is 0 Å². The SMILES string of the molecule is O=C1CC[Si]C1=[Si]1CCCC1. The maximum atomic E-state index is 11.4. The van der Waals surface area contributed by atoms with Gasteiger partial charge in [-0.2, -0.15) is 0 Å². The van der Waals surface area contributed by atoms with E-state index in [1.54, 1.807) is 0 Å². The van der Waals surface area contributed by atoms with Gasteiger partial charge in [0.1, 0.15) is 5.78 Å². The number of ketones is 1. The second kappa shape index (κ2) is 3.15. The Hall–Kier alpha value is -0.0262. The topological polar surface area (TPSA) is 17.1 Å². The van der Waals surface area contributed by atoms with E-state index in [4.69, 9.17) is 0 Å². The second-order valence-electron chi connectivity index (χ2n) is 3.29. The minimum absolute atomic E-state index is 0.259. The van der Waals surface area contributed by atoms with Crippen molar-refractivity contribution in [2.24, 2.45) is 0 Å². The molecule has 2 saturated heterocycles. The summed E-state index contributed by atoms with van der Waals surface area (Å²) in [6, 6.07) is 3.99. The van der Waals surface area contributed by atoms with E-state index in [1.165, 1.54) is 35.8 Å². The van der Waals surface area contributed by atoms with Gasteiger partial charge in [-0.15, -0.1) is 0 Å². The summed E-state index contributed by atoms with van der Waals surface area (Å²) in [4.78, 5) is 12.8. The van der Waals surface area contributed by atoms with Crippen LogP contribution in [0.5, 0.6) is 0 Å². The Kier molecular flexibility index (Phi) is 2.18. The molecule has 2 aliphatic rings. The summed E-state index contributed by atoms with van der Waals surface area (Å²) in [5, 5.41) is 0. The monoisotopic (exact) mass is 180 g/mol. The predicted molar refractivity (Wildman–Crippen MR) is 49.8 cm³/mol. The molecular weight excluding hydrogens is 168 g/mol. The highest BCUT2D eigenvalue weighted by Crippen LogP contribution is 2.18. The molecular formula is C8H12OSi2. The number of hydrogen-bond acceptors (Lipinski definition) is 1. The number of Topliss-reactive ketones (excluding diaryl/α,β-unsaturated/α-hetero) is 1. The van der Waals surface area contributed by atoms with Crippen LogP contribution in [0, 0.1) is 0 Å². The van der Waals surface area contributed by atoms with Gasteiger partial charge >= 0.3 is 0 Å². The van der Waals surface area contributed by atoms with Gasteiger partial charge in [-0.05, 0) is 22.9 Å². The van der Waals surface area contributed by atoms with E-state index >= 15 is 0 Å². The highest BCUT2D eigenvalue weighted by atomic mass is 28.3. The summed E-state index contributed by atoms with van der Waals surface area (Å²) >= 11 is 0. The van der Waals surface area contributed by atoms with Crippen LogP contribution in [-0.4, -0.2) is 28.5 Å². The molecule has 11 heavy (non-hydrogen) atoms. The lowest BCUT2D eigenvalue weighted by Crippen LogP contribution is -2.21. The van der Waals surface area contributed by atoms with E-state index in [0.29, 0.717) is 5.78 Å². The Labute approximate surface area is 71.2 Å². The van der Waals surface area contributed by atoms with Gasteiger partial charge in [-0.25, -0.2) is 0 Å². The van der Waals surface area contributed by atoms with Crippen LogP contribution in [0.3, 0.4) is 0 Å². The zero-order valence-corrected chi connectivity index (χ0v) is 8.65. The lowest BCUT2D eigenvalue weighted by Gasteiger charge is -1.98. The van der Waals surface area contributed by atoms with Crippen molar-refractivity contribution >= 4 is 28.5 Å². The number of hydrogen-bond donors (Lipinski definition) is 0. The molecule has 2 rings (SSSR count). The first-order valence-electron chi connectivity index (χ1n) is 4.37. The highest BCUT2D eigenvalue weighted by molar-refractivity contribution is 7.10. The van der Waals surface area contributed by atoms with Gasteiger partial charge in [0, 0.05) is 14.8 Å². The summed E-state index contributed by atoms with van der Waals surface area (Å²) in [5.41, 5.74) is 0. The molecule has 2 aliphatic heterocycles. The third-order valence-corrected chi connectivity index (χ3v) is 8.12. The largest absolute Gasteiger partial charge is 0.295 e. The Balaban J connectivity index is 2.23. The molecule has 58 valence electrons. The molecule has 0 atom stereocenters. The van der Waals surface area contributed by atoms with Gasteiger partial charge in [-0.1, -0.05) is 12.8 Å². The highest BCUT2D eigenvalue weighted by Gasteiger charge is 2.23. The fraction of sp³-hybridized carbons (Fsp3) is 0.750. The van der Waals surface area contributed by atoms with Gasteiger partial charge < -0.3 is 0 Å². The summed E-state index contributed by atoms with van der Waals surface area (Å²) in [6.07, 6.45) is 3.67. The second-order valence-corrected chi connectivity index (χ2v) is 7.85.